The highest BCUT2D eigenvalue weighted by Crippen LogP contribution is 2.25. The smallest absolute Gasteiger partial charge is 0.0824 e. The van der Waals surface area contributed by atoms with Crippen molar-refractivity contribution in [1.29, 1.82) is 0 Å². The van der Waals surface area contributed by atoms with Crippen LogP contribution in [0.15, 0.2) is 24.3 Å². The van der Waals surface area contributed by atoms with Gasteiger partial charge >= 0.3 is 0 Å². The van der Waals surface area contributed by atoms with E-state index in [4.69, 9.17) is 10.5 Å². The van der Waals surface area contributed by atoms with Crippen LogP contribution in [0, 0.1) is 0 Å². The van der Waals surface area contributed by atoms with E-state index >= 15 is 0 Å². The molecule has 3 rings (SSSR count). The third kappa shape index (κ3) is 2.44. The molecule has 0 aromatic heterocycles. The van der Waals surface area contributed by atoms with Crippen molar-refractivity contribution in [2.24, 2.45) is 5.73 Å². The van der Waals surface area contributed by atoms with Crippen LogP contribution >= 0.6 is 0 Å². The Kier molecular flexibility index (Phi) is 3.64. The third-order valence-electron chi connectivity index (χ3n) is 4.27. The van der Waals surface area contributed by atoms with Crippen LogP contribution in [0.1, 0.15) is 17.5 Å². The molecular formula is C15H22N2O. The van der Waals surface area contributed by atoms with Crippen LogP contribution in [0.5, 0.6) is 0 Å². The zero-order chi connectivity index (χ0) is 12.4. The third-order valence-corrected chi connectivity index (χ3v) is 4.27. The van der Waals surface area contributed by atoms with E-state index < -0.39 is 0 Å². The summed E-state index contributed by atoms with van der Waals surface area (Å²) in [7, 11) is 0. The first-order chi connectivity index (χ1) is 8.86. The van der Waals surface area contributed by atoms with Gasteiger partial charge in [0.25, 0.3) is 0 Å². The van der Waals surface area contributed by atoms with E-state index in [1.165, 1.54) is 30.4 Å². The van der Waals surface area contributed by atoms with Gasteiger partial charge in [-0.05, 0) is 30.4 Å². The normalized spacial score (nSPS) is 28.9. The molecule has 0 spiro atoms. The Morgan fingerprint density at radius 2 is 2.11 bits per heavy atom. The standard InChI is InChI=1S/C15H22N2O/c16-10-15-11-17(7-8-18-15)14-6-5-12-3-1-2-4-13(12)9-14/h1-4,14-15H,5-11,16H2. The molecule has 2 aliphatic rings. The molecule has 0 saturated carbocycles. The summed E-state index contributed by atoms with van der Waals surface area (Å²) in [6.45, 7) is 3.53. The molecule has 2 N–H and O–H groups in total. The predicted octanol–water partition coefficient (Wildman–Crippen LogP) is 1.20. The number of rotatable bonds is 2. The fraction of sp³-hybridized carbons (Fsp3) is 0.600. The fourth-order valence-electron chi connectivity index (χ4n) is 3.21. The van der Waals surface area contributed by atoms with Gasteiger partial charge in [-0.25, -0.2) is 0 Å². The summed E-state index contributed by atoms with van der Waals surface area (Å²) in [5.41, 5.74) is 8.79. The number of hydrogen-bond acceptors (Lipinski definition) is 3. The van der Waals surface area contributed by atoms with Crippen molar-refractivity contribution in [3.63, 3.8) is 0 Å². The quantitative estimate of drug-likeness (QED) is 0.852. The number of fused-ring (bicyclic) bond motifs is 1. The van der Waals surface area contributed by atoms with E-state index in [0.29, 0.717) is 12.6 Å². The molecule has 1 aromatic rings. The van der Waals surface area contributed by atoms with Gasteiger partial charge < -0.3 is 10.5 Å². The molecule has 1 aliphatic carbocycles. The lowest BCUT2D eigenvalue weighted by molar-refractivity contribution is -0.0402. The van der Waals surface area contributed by atoms with Crippen molar-refractivity contribution in [2.45, 2.75) is 31.4 Å². The lowest BCUT2D eigenvalue weighted by atomic mass is 9.87. The van der Waals surface area contributed by atoms with Crippen molar-refractivity contribution < 1.29 is 4.74 Å². The highest BCUT2D eigenvalue weighted by Gasteiger charge is 2.28. The second-order valence-electron chi connectivity index (χ2n) is 5.39. The van der Waals surface area contributed by atoms with Gasteiger partial charge in [0, 0.05) is 25.7 Å². The van der Waals surface area contributed by atoms with Gasteiger partial charge in [0.2, 0.25) is 0 Å². The minimum atomic E-state index is 0.232. The van der Waals surface area contributed by atoms with E-state index in [1.54, 1.807) is 0 Å². The first-order valence-electron chi connectivity index (χ1n) is 6.99. The van der Waals surface area contributed by atoms with E-state index in [-0.39, 0.29) is 6.10 Å². The van der Waals surface area contributed by atoms with Crippen LogP contribution in [0.25, 0.3) is 0 Å². The molecule has 0 bridgehead atoms. The zero-order valence-electron chi connectivity index (χ0n) is 10.8. The Bertz CT molecular complexity index is 407. The van der Waals surface area contributed by atoms with Gasteiger partial charge in [0.15, 0.2) is 0 Å². The van der Waals surface area contributed by atoms with Gasteiger partial charge in [-0.3, -0.25) is 4.90 Å². The first kappa shape index (κ1) is 12.2. The lowest BCUT2D eigenvalue weighted by Gasteiger charge is -2.40. The van der Waals surface area contributed by atoms with E-state index in [2.05, 4.69) is 29.2 Å². The molecule has 3 heteroatoms. The maximum Gasteiger partial charge on any atom is 0.0824 e. The molecular weight excluding hydrogens is 224 g/mol. The monoisotopic (exact) mass is 246 g/mol. The number of hydrogen-bond donors (Lipinski definition) is 1. The second kappa shape index (κ2) is 5.39. The van der Waals surface area contributed by atoms with Crippen LogP contribution in [-0.2, 0) is 17.6 Å². The average molecular weight is 246 g/mol. The molecule has 1 aromatic carbocycles. The number of ether oxygens (including phenoxy) is 1. The van der Waals surface area contributed by atoms with Crippen molar-refractivity contribution in [3.05, 3.63) is 35.4 Å². The molecule has 1 heterocycles. The highest BCUT2D eigenvalue weighted by atomic mass is 16.5. The Morgan fingerprint density at radius 1 is 1.28 bits per heavy atom. The van der Waals surface area contributed by atoms with Crippen molar-refractivity contribution in [3.8, 4) is 0 Å². The first-order valence-corrected chi connectivity index (χ1v) is 6.99. The van der Waals surface area contributed by atoms with Crippen LogP contribution < -0.4 is 5.73 Å². The molecule has 0 amide bonds. The molecule has 98 valence electrons. The van der Waals surface area contributed by atoms with Crippen LogP contribution in [0.4, 0.5) is 0 Å². The highest BCUT2D eigenvalue weighted by molar-refractivity contribution is 5.30. The summed E-state index contributed by atoms with van der Waals surface area (Å²) in [5.74, 6) is 0. The molecule has 18 heavy (non-hydrogen) atoms. The molecule has 1 aliphatic heterocycles. The Balaban J connectivity index is 1.68. The number of nitrogens with two attached hydrogens (primary N) is 1. The predicted molar refractivity (Wildman–Crippen MR) is 72.6 cm³/mol. The van der Waals surface area contributed by atoms with E-state index in [1.807, 2.05) is 0 Å². The van der Waals surface area contributed by atoms with Gasteiger partial charge in [-0.15, -0.1) is 0 Å². The summed E-state index contributed by atoms with van der Waals surface area (Å²) in [4.78, 5) is 2.58. The Hall–Kier alpha value is -0.900. The Labute approximate surface area is 109 Å². The minimum Gasteiger partial charge on any atom is -0.374 e. The molecule has 2 unspecified atom stereocenters. The fourth-order valence-corrected chi connectivity index (χ4v) is 3.21. The number of aryl methyl sites for hydroxylation is 1. The zero-order valence-corrected chi connectivity index (χ0v) is 10.8. The SMILES string of the molecule is NCC1CN(C2CCc3ccccc3C2)CCO1. The van der Waals surface area contributed by atoms with Crippen molar-refractivity contribution in [2.75, 3.05) is 26.2 Å². The molecule has 0 radical (unpaired) electrons. The maximum absolute atomic E-state index is 5.72. The molecule has 2 atom stereocenters. The van der Waals surface area contributed by atoms with Crippen LogP contribution in [-0.4, -0.2) is 43.3 Å². The molecule has 3 nitrogen and oxygen atoms in total. The summed E-state index contributed by atoms with van der Waals surface area (Å²) in [6, 6.07) is 9.54. The van der Waals surface area contributed by atoms with Crippen LogP contribution in [0.3, 0.4) is 0 Å². The minimum absolute atomic E-state index is 0.232. The molecule has 1 fully saturated rings. The van der Waals surface area contributed by atoms with Crippen molar-refractivity contribution >= 4 is 0 Å². The summed E-state index contributed by atoms with van der Waals surface area (Å²) in [6.07, 6.45) is 3.91. The van der Waals surface area contributed by atoms with E-state index in [9.17, 15) is 0 Å². The summed E-state index contributed by atoms with van der Waals surface area (Å²) in [5, 5.41) is 0. The summed E-state index contributed by atoms with van der Waals surface area (Å²) < 4.78 is 5.65. The van der Waals surface area contributed by atoms with Gasteiger partial charge in [0.1, 0.15) is 0 Å². The van der Waals surface area contributed by atoms with Gasteiger partial charge in [0.05, 0.1) is 12.7 Å². The molecule has 1 saturated heterocycles. The average Bonchev–Trinajstić information content (AvgIpc) is 2.47. The number of nitrogens with zero attached hydrogens (tertiary/aromatic N) is 1. The number of benzene rings is 1. The second-order valence-corrected chi connectivity index (χ2v) is 5.39. The summed E-state index contributed by atoms with van der Waals surface area (Å²) >= 11 is 0. The van der Waals surface area contributed by atoms with E-state index in [0.717, 1.165) is 19.7 Å². The Morgan fingerprint density at radius 3 is 2.94 bits per heavy atom. The lowest BCUT2D eigenvalue weighted by Crippen LogP contribution is -2.51. The van der Waals surface area contributed by atoms with Crippen molar-refractivity contribution in [1.82, 2.24) is 4.90 Å². The van der Waals surface area contributed by atoms with Gasteiger partial charge in [-0.2, -0.15) is 0 Å². The van der Waals surface area contributed by atoms with Gasteiger partial charge in [-0.1, -0.05) is 24.3 Å². The number of morpholine rings is 1. The largest absolute Gasteiger partial charge is 0.374 e. The maximum atomic E-state index is 5.72. The van der Waals surface area contributed by atoms with Crippen LogP contribution in [0.2, 0.25) is 0 Å². The topological polar surface area (TPSA) is 38.5 Å².